The maximum Gasteiger partial charge on any atom is 0.311 e. The van der Waals surface area contributed by atoms with Crippen molar-refractivity contribution in [1.29, 1.82) is 0 Å². The average Bonchev–Trinajstić information content (AvgIpc) is 2.45. The van der Waals surface area contributed by atoms with E-state index < -0.39 is 23.9 Å². The summed E-state index contributed by atoms with van der Waals surface area (Å²) < 4.78 is 38.6. The smallest absolute Gasteiger partial charge is 0.311 e. The van der Waals surface area contributed by atoms with E-state index in [-0.39, 0.29) is 35.3 Å². The molecule has 21 heavy (non-hydrogen) atoms. The van der Waals surface area contributed by atoms with E-state index >= 15 is 0 Å². The minimum atomic E-state index is -3.27. The molecule has 2 unspecified atom stereocenters. The van der Waals surface area contributed by atoms with E-state index in [2.05, 4.69) is 9.72 Å². The minimum absolute atomic E-state index is 0.0321. The van der Waals surface area contributed by atoms with Crippen molar-refractivity contribution in [3.63, 3.8) is 0 Å². The van der Waals surface area contributed by atoms with Gasteiger partial charge in [0.2, 0.25) is 0 Å². The number of alkyl halides is 2. The van der Waals surface area contributed by atoms with Gasteiger partial charge in [-0.2, -0.15) is 8.78 Å². The summed E-state index contributed by atoms with van der Waals surface area (Å²) in [7, 11) is 1.25. The van der Waals surface area contributed by atoms with Gasteiger partial charge < -0.3 is 9.47 Å². The Morgan fingerprint density at radius 1 is 1.38 bits per heavy atom. The largest absolute Gasteiger partial charge is 0.469 e. The van der Waals surface area contributed by atoms with Crippen molar-refractivity contribution in [3.05, 3.63) is 28.0 Å². The van der Waals surface area contributed by atoms with Gasteiger partial charge in [-0.25, -0.2) is 4.98 Å². The molecule has 0 spiro atoms. The van der Waals surface area contributed by atoms with Gasteiger partial charge in [0.25, 0.3) is 5.92 Å². The molecule has 116 valence electrons. The lowest BCUT2D eigenvalue weighted by Crippen LogP contribution is -2.40. The molecule has 0 radical (unpaired) electrons. The third-order valence-corrected chi connectivity index (χ3v) is 3.75. The topological polar surface area (TPSA) is 48.4 Å². The Labute approximate surface area is 130 Å². The Morgan fingerprint density at radius 2 is 2.00 bits per heavy atom. The van der Waals surface area contributed by atoms with Crippen molar-refractivity contribution in [3.8, 4) is 0 Å². The van der Waals surface area contributed by atoms with Crippen molar-refractivity contribution < 1.29 is 23.0 Å². The molecule has 2 rings (SSSR count). The van der Waals surface area contributed by atoms with Gasteiger partial charge in [-0.3, -0.25) is 4.79 Å². The Hall–Kier alpha value is -0.980. The predicted molar refractivity (Wildman–Crippen MR) is 72.6 cm³/mol. The highest BCUT2D eigenvalue weighted by molar-refractivity contribution is 6.32. The Kier molecular flexibility index (Phi) is 5.01. The molecule has 1 aliphatic heterocycles. The van der Waals surface area contributed by atoms with E-state index in [0.29, 0.717) is 0 Å². The Morgan fingerprint density at radius 3 is 2.48 bits per heavy atom. The molecular formula is C13H13Cl2F2NO3. The molecule has 0 saturated carbocycles. The third-order valence-electron chi connectivity index (χ3n) is 3.36. The molecule has 1 aromatic rings. The Bertz CT molecular complexity index is 514. The van der Waals surface area contributed by atoms with Gasteiger partial charge in [-0.1, -0.05) is 23.2 Å². The van der Waals surface area contributed by atoms with Crippen LogP contribution in [0.3, 0.4) is 0 Å². The third kappa shape index (κ3) is 3.62. The second-order valence-electron chi connectivity index (χ2n) is 4.74. The standard InChI is InChI=1S/C13H13Cl2F2NO3/c1-20-12(19)7-2-3-9(21-6-7)13(16,17)8-4-10(14)18-11(15)5-8/h4-5,7,9H,2-3,6H2,1H3. The van der Waals surface area contributed by atoms with Crippen molar-refractivity contribution in [1.82, 2.24) is 4.98 Å². The van der Waals surface area contributed by atoms with Crippen molar-refractivity contribution in [2.75, 3.05) is 13.7 Å². The number of rotatable bonds is 3. The number of ether oxygens (including phenoxy) is 2. The van der Waals surface area contributed by atoms with Crippen LogP contribution in [0.2, 0.25) is 10.3 Å². The van der Waals surface area contributed by atoms with E-state index in [9.17, 15) is 13.6 Å². The zero-order valence-electron chi connectivity index (χ0n) is 11.1. The molecule has 2 heterocycles. The maximum atomic E-state index is 14.4. The summed E-state index contributed by atoms with van der Waals surface area (Å²) in [5.74, 6) is -4.23. The first-order chi connectivity index (χ1) is 9.84. The fourth-order valence-corrected chi connectivity index (χ4v) is 2.69. The van der Waals surface area contributed by atoms with Crippen LogP contribution >= 0.6 is 23.2 Å². The fraction of sp³-hybridized carbons (Fsp3) is 0.538. The molecule has 2 atom stereocenters. The molecule has 0 aliphatic carbocycles. The number of aromatic nitrogens is 1. The van der Waals surface area contributed by atoms with Crippen LogP contribution in [0.25, 0.3) is 0 Å². The van der Waals surface area contributed by atoms with Gasteiger partial charge in [-0.15, -0.1) is 0 Å². The normalized spacial score (nSPS) is 22.9. The lowest BCUT2D eigenvalue weighted by atomic mass is 9.93. The van der Waals surface area contributed by atoms with Crippen LogP contribution < -0.4 is 0 Å². The summed E-state index contributed by atoms with van der Waals surface area (Å²) >= 11 is 11.3. The first kappa shape index (κ1) is 16.4. The molecule has 0 aromatic carbocycles. The maximum absolute atomic E-state index is 14.4. The quantitative estimate of drug-likeness (QED) is 0.625. The van der Waals surface area contributed by atoms with E-state index in [1.165, 1.54) is 7.11 Å². The monoisotopic (exact) mass is 339 g/mol. The lowest BCUT2D eigenvalue weighted by Gasteiger charge is -2.33. The molecular weight excluding hydrogens is 327 g/mol. The highest BCUT2D eigenvalue weighted by Crippen LogP contribution is 2.40. The van der Waals surface area contributed by atoms with Crippen molar-refractivity contribution in [2.45, 2.75) is 24.9 Å². The second kappa shape index (κ2) is 6.42. The van der Waals surface area contributed by atoms with Crippen LogP contribution in [0.15, 0.2) is 12.1 Å². The first-order valence-electron chi connectivity index (χ1n) is 6.25. The van der Waals surface area contributed by atoms with Crippen molar-refractivity contribution in [2.24, 2.45) is 5.92 Å². The molecule has 0 bridgehead atoms. The molecule has 8 heteroatoms. The van der Waals surface area contributed by atoms with Crippen LogP contribution in [0.4, 0.5) is 8.78 Å². The van der Waals surface area contributed by atoms with Gasteiger partial charge in [0.1, 0.15) is 16.4 Å². The summed E-state index contributed by atoms with van der Waals surface area (Å²) in [6.45, 7) is -0.0977. The molecule has 1 aromatic heterocycles. The number of nitrogens with zero attached hydrogens (tertiary/aromatic N) is 1. The number of carbonyl (C=O) groups excluding carboxylic acids is 1. The van der Waals surface area contributed by atoms with Crippen LogP contribution in [0.1, 0.15) is 18.4 Å². The summed E-state index contributed by atoms with van der Waals surface area (Å²) in [5.41, 5.74) is -0.353. The summed E-state index contributed by atoms with van der Waals surface area (Å²) in [4.78, 5) is 15.0. The highest BCUT2D eigenvalue weighted by atomic mass is 35.5. The summed E-state index contributed by atoms with van der Waals surface area (Å²) in [5, 5.41) is -0.221. The highest BCUT2D eigenvalue weighted by Gasteiger charge is 2.45. The summed E-state index contributed by atoms with van der Waals surface area (Å²) in [6, 6.07) is 2.12. The van der Waals surface area contributed by atoms with Gasteiger partial charge in [0, 0.05) is 5.56 Å². The molecule has 1 aliphatic rings. The van der Waals surface area contributed by atoms with Crippen molar-refractivity contribution >= 4 is 29.2 Å². The number of carbonyl (C=O) groups is 1. The van der Waals surface area contributed by atoms with E-state index in [1.54, 1.807) is 0 Å². The van der Waals surface area contributed by atoms with Crippen LogP contribution in [-0.4, -0.2) is 30.8 Å². The minimum Gasteiger partial charge on any atom is -0.469 e. The predicted octanol–water partition coefficient (Wildman–Crippen LogP) is 3.45. The van der Waals surface area contributed by atoms with E-state index in [0.717, 1.165) is 12.1 Å². The number of esters is 1. The van der Waals surface area contributed by atoms with Gasteiger partial charge in [0.05, 0.1) is 19.6 Å². The number of methoxy groups -OCH3 is 1. The van der Waals surface area contributed by atoms with Gasteiger partial charge in [0.15, 0.2) is 0 Å². The molecule has 1 fully saturated rings. The SMILES string of the molecule is COC(=O)C1CCC(C(F)(F)c2cc(Cl)nc(Cl)c2)OC1. The number of hydrogen-bond donors (Lipinski definition) is 0. The molecule has 1 saturated heterocycles. The van der Waals surface area contributed by atoms with Gasteiger partial charge in [-0.05, 0) is 25.0 Å². The first-order valence-corrected chi connectivity index (χ1v) is 7.01. The number of halogens is 4. The van der Waals surface area contributed by atoms with E-state index in [4.69, 9.17) is 27.9 Å². The second-order valence-corrected chi connectivity index (χ2v) is 5.52. The van der Waals surface area contributed by atoms with Crippen LogP contribution in [0, 0.1) is 5.92 Å². The average molecular weight is 340 g/mol. The fourth-order valence-electron chi connectivity index (χ4n) is 2.23. The lowest BCUT2D eigenvalue weighted by molar-refractivity contribution is -0.180. The van der Waals surface area contributed by atoms with Crippen LogP contribution in [-0.2, 0) is 20.2 Å². The zero-order valence-corrected chi connectivity index (χ0v) is 12.6. The Balaban J connectivity index is 2.12. The summed E-state index contributed by atoms with van der Waals surface area (Å²) in [6.07, 6.45) is -1.03. The molecule has 0 amide bonds. The van der Waals surface area contributed by atoms with Gasteiger partial charge >= 0.3 is 5.97 Å². The van der Waals surface area contributed by atoms with Crippen LogP contribution in [0.5, 0.6) is 0 Å². The number of hydrogen-bond acceptors (Lipinski definition) is 4. The molecule has 4 nitrogen and oxygen atoms in total. The zero-order chi connectivity index (χ0) is 15.6. The number of pyridine rings is 1. The molecule has 0 N–H and O–H groups in total. The van der Waals surface area contributed by atoms with E-state index in [1.807, 2.05) is 0 Å².